The summed E-state index contributed by atoms with van der Waals surface area (Å²) in [6.45, 7) is 12.0. The molecule has 4 saturated carbocycles. The van der Waals surface area contributed by atoms with E-state index in [-0.39, 0.29) is 30.7 Å². The smallest absolute Gasteiger partial charge is 0.0629 e. The summed E-state index contributed by atoms with van der Waals surface area (Å²) in [4.78, 5) is 0. The van der Waals surface area contributed by atoms with Crippen molar-refractivity contribution in [3.63, 3.8) is 0 Å². The second-order valence-corrected chi connectivity index (χ2v) is 21.7. The first kappa shape index (κ1) is 39.5. The van der Waals surface area contributed by atoms with Gasteiger partial charge in [0.2, 0.25) is 0 Å². The largest absolute Gasteiger partial charge is 0.327 e. The van der Waals surface area contributed by atoms with Crippen LogP contribution in [0.3, 0.4) is 0 Å². The van der Waals surface area contributed by atoms with Crippen molar-refractivity contribution < 1.29 is 0 Å². The summed E-state index contributed by atoms with van der Waals surface area (Å²) in [5.41, 5.74) is 9.48. The first-order valence-electron chi connectivity index (χ1n) is 24.1. The van der Waals surface area contributed by atoms with Gasteiger partial charge in [-0.3, -0.25) is 42.5 Å². The van der Waals surface area contributed by atoms with Gasteiger partial charge in [-0.05, 0) is 159 Å². The zero-order chi connectivity index (χ0) is 38.9. The minimum Gasteiger partial charge on any atom is -0.327 e. The fourth-order valence-electron chi connectivity index (χ4n) is 14.2. The van der Waals surface area contributed by atoms with E-state index < -0.39 is 0 Å². The van der Waals surface area contributed by atoms with Gasteiger partial charge >= 0.3 is 0 Å². The van der Waals surface area contributed by atoms with Gasteiger partial charge in [0.15, 0.2) is 0 Å². The summed E-state index contributed by atoms with van der Waals surface area (Å²) in [5.74, 6) is 15.5. The Kier molecular flexibility index (Phi) is 11.4. The van der Waals surface area contributed by atoms with Crippen LogP contribution >= 0.6 is 0 Å². The van der Waals surface area contributed by atoms with Gasteiger partial charge in [0.05, 0.1) is 49.3 Å². The molecule has 5 aliphatic heterocycles. The van der Waals surface area contributed by atoms with Crippen molar-refractivity contribution in [2.24, 2.45) is 82.7 Å². The molecule has 0 spiro atoms. The normalized spacial score (nSPS) is 50.3. The molecule has 21 unspecified atom stereocenters. The zero-order valence-corrected chi connectivity index (χ0v) is 35.8. The molecule has 5 saturated heterocycles. The number of aryl methyl sites for hydroxylation is 1. The van der Waals surface area contributed by atoms with Crippen LogP contribution in [0, 0.1) is 88.8 Å². The van der Waals surface area contributed by atoms with Gasteiger partial charge in [-0.1, -0.05) is 71.4 Å². The van der Waals surface area contributed by atoms with Crippen molar-refractivity contribution >= 4 is 0 Å². The van der Waals surface area contributed by atoms with E-state index in [9.17, 15) is 0 Å². The second kappa shape index (κ2) is 16.4. The van der Waals surface area contributed by atoms with Gasteiger partial charge in [0.1, 0.15) is 0 Å². The molecule has 9 aliphatic rings. The summed E-state index contributed by atoms with van der Waals surface area (Å²) >= 11 is 0. The molecule has 0 radical (unpaired) electrons. The Morgan fingerprint density at radius 1 is 0.526 bits per heavy atom. The van der Waals surface area contributed by atoms with Gasteiger partial charge in [0.25, 0.3) is 0 Å². The highest BCUT2D eigenvalue weighted by molar-refractivity contribution is 5.37. The maximum atomic E-state index is 6.88. The summed E-state index contributed by atoms with van der Waals surface area (Å²) in [5, 5.41) is 34.3. The Bertz CT molecular complexity index is 1610. The third-order valence-corrected chi connectivity index (χ3v) is 17.8. The average molecular weight is 780 g/mol. The minimum atomic E-state index is 0.255. The van der Waals surface area contributed by atoms with Crippen LogP contribution in [0.1, 0.15) is 123 Å². The molecule has 5 heterocycles. The summed E-state index contributed by atoms with van der Waals surface area (Å²) in [7, 11) is 0. The Morgan fingerprint density at radius 3 is 1.44 bits per heavy atom. The van der Waals surface area contributed by atoms with Crippen LogP contribution < -0.4 is 48.3 Å². The lowest BCUT2D eigenvalue weighted by molar-refractivity contribution is 0.108. The lowest BCUT2D eigenvalue weighted by atomic mass is 9.69. The number of rotatable bonds is 3. The molecule has 1 aromatic carbocycles. The van der Waals surface area contributed by atoms with Gasteiger partial charge in [0, 0.05) is 17.5 Å². The molecule has 314 valence electrons. The van der Waals surface area contributed by atoms with Gasteiger partial charge < -0.3 is 5.73 Å². The molecule has 9 fully saturated rings. The topological polar surface area (TPSA) is 122 Å². The van der Waals surface area contributed by atoms with E-state index in [1.165, 1.54) is 75.3 Å². The maximum absolute atomic E-state index is 6.88. The lowest BCUT2D eigenvalue weighted by Gasteiger charge is -2.41. The quantitative estimate of drug-likeness (QED) is 0.192. The van der Waals surface area contributed by atoms with Crippen LogP contribution in [0.25, 0.3) is 0 Å². The molecule has 0 amide bonds. The third kappa shape index (κ3) is 7.80. The van der Waals surface area contributed by atoms with Gasteiger partial charge in [-0.25, -0.2) is 0 Å². The van der Waals surface area contributed by atoms with E-state index in [0.717, 1.165) is 37.0 Å². The van der Waals surface area contributed by atoms with Gasteiger partial charge in [-0.2, -0.15) is 0 Å². The fourth-order valence-corrected chi connectivity index (χ4v) is 14.2. The minimum absolute atomic E-state index is 0.255. The number of nitrogens with one attached hydrogen (secondary N) is 8. The van der Waals surface area contributed by atoms with Crippen molar-refractivity contribution in [3.05, 3.63) is 35.4 Å². The summed E-state index contributed by atoms with van der Waals surface area (Å²) in [6.07, 6.45) is 18.5. The highest BCUT2D eigenvalue weighted by Crippen LogP contribution is 2.48. The van der Waals surface area contributed by atoms with E-state index >= 15 is 0 Å². The lowest BCUT2D eigenvalue weighted by Crippen LogP contribution is -2.61. The van der Waals surface area contributed by atoms with Crippen molar-refractivity contribution in [2.45, 2.75) is 173 Å². The van der Waals surface area contributed by atoms with E-state index in [4.69, 9.17) is 5.73 Å². The number of benzene rings is 1. The monoisotopic (exact) mass is 780 g/mol. The third-order valence-electron chi connectivity index (χ3n) is 17.8. The summed E-state index contributed by atoms with van der Waals surface area (Å²) in [6, 6.07) is 9.39. The molecule has 10 rings (SSSR count). The van der Waals surface area contributed by atoms with E-state index in [1.807, 2.05) is 0 Å². The van der Waals surface area contributed by atoms with Crippen molar-refractivity contribution in [1.29, 1.82) is 0 Å². The van der Waals surface area contributed by atoms with Crippen LogP contribution in [-0.4, -0.2) is 55.4 Å². The molecular weight excluding hydrogens is 703 g/mol. The molecule has 9 heteroatoms. The molecular formula is C48H77N9. The average Bonchev–Trinajstić information content (AvgIpc) is 3.92. The molecule has 8 bridgehead atoms. The standard InChI is InChI=1S/C48H77N9/c1-25(2)10-11-29-12-14-30(15-13-29)16-17-31-18-19-34-38(23-31)47-53-43(34)51-41-32-8-6-7-9-33(32)42(50-41)52-46-37-22-28(5)40(49)24-39(37)48(57-46)56-45-36-21-27(4)26(3)20-35(36)44(54-45)55-47/h12-15,25-28,31-48,50-57H,6-11,18-24,49H2,1-5H3. The predicted molar refractivity (Wildman–Crippen MR) is 230 cm³/mol. The van der Waals surface area contributed by atoms with Crippen LogP contribution in [0.4, 0.5) is 0 Å². The first-order valence-corrected chi connectivity index (χ1v) is 24.1. The Morgan fingerprint density at radius 2 is 0.947 bits per heavy atom. The highest BCUT2D eigenvalue weighted by atomic mass is 15.4. The molecule has 4 aliphatic carbocycles. The molecule has 0 aromatic heterocycles. The highest BCUT2D eigenvalue weighted by Gasteiger charge is 2.56. The van der Waals surface area contributed by atoms with Crippen molar-refractivity contribution in [2.75, 3.05) is 0 Å². The van der Waals surface area contributed by atoms with Crippen LogP contribution in [0.15, 0.2) is 24.3 Å². The van der Waals surface area contributed by atoms with Crippen molar-refractivity contribution in [1.82, 2.24) is 42.5 Å². The molecule has 57 heavy (non-hydrogen) atoms. The number of nitrogens with two attached hydrogens (primary N) is 1. The second-order valence-electron chi connectivity index (χ2n) is 21.7. The van der Waals surface area contributed by atoms with Crippen molar-refractivity contribution in [3.8, 4) is 11.8 Å². The number of hydrogen-bond donors (Lipinski definition) is 9. The molecule has 1 aromatic rings. The van der Waals surface area contributed by atoms with E-state index in [0.29, 0.717) is 83.8 Å². The zero-order valence-electron chi connectivity index (χ0n) is 35.8. The Hall–Kier alpha value is -1.58. The fraction of sp³-hybridized carbons (Fsp3) is 0.833. The van der Waals surface area contributed by atoms with E-state index in [1.54, 1.807) is 0 Å². The van der Waals surface area contributed by atoms with Crippen LogP contribution in [-0.2, 0) is 6.42 Å². The SMILES string of the molecule is CC(C)CCc1ccc(C#CC2CCC3C4NC5NC(NC6NC(NC7NC(NC(N4)C3C2)C2CC(C)C(C)CC72)C2CC(N)C(C)CC62)C2CCCCC52)cc1. The van der Waals surface area contributed by atoms with Gasteiger partial charge in [-0.15, -0.1) is 0 Å². The van der Waals surface area contributed by atoms with Crippen LogP contribution in [0.2, 0.25) is 0 Å². The predicted octanol–water partition coefficient (Wildman–Crippen LogP) is 5.15. The Labute approximate surface area is 344 Å². The first-order chi connectivity index (χ1) is 27.6. The Balaban J connectivity index is 0.935. The van der Waals surface area contributed by atoms with Crippen LogP contribution in [0.5, 0.6) is 0 Å². The molecule has 9 nitrogen and oxygen atoms in total. The number of fused-ring (bicyclic) bond motifs is 20. The maximum Gasteiger partial charge on any atom is 0.0629 e. The molecule has 10 N–H and O–H groups in total. The molecule has 21 atom stereocenters. The van der Waals surface area contributed by atoms with E-state index in [2.05, 4.69) is 113 Å². The number of hydrogen-bond acceptors (Lipinski definition) is 9. The summed E-state index contributed by atoms with van der Waals surface area (Å²) < 4.78 is 0.